The largest absolute Gasteiger partial charge is 0.465 e. The van der Waals surface area contributed by atoms with E-state index in [0.717, 1.165) is 0 Å². The highest BCUT2D eigenvalue weighted by atomic mass is 16.5. The van der Waals surface area contributed by atoms with Crippen LogP contribution >= 0.6 is 0 Å². The van der Waals surface area contributed by atoms with Gasteiger partial charge in [0, 0.05) is 6.54 Å². The van der Waals surface area contributed by atoms with Gasteiger partial charge in [-0.2, -0.15) is 0 Å². The van der Waals surface area contributed by atoms with Crippen LogP contribution in [0.15, 0.2) is 0 Å². The van der Waals surface area contributed by atoms with E-state index in [9.17, 15) is 4.79 Å². The van der Waals surface area contributed by atoms with Gasteiger partial charge in [-0.25, -0.2) is 0 Å². The molecular formula is C10H19NO2. The molecule has 0 aromatic carbocycles. The van der Waals surface area contributed by atoms with Gasteiger partial charge in [0.05, 0.1) is 12.5 Å². The second-order valence-electron chi connectivity index (χ2n) is 3.92. The van der Waals surface area contributed by atoms with Crippen molar-refractivity contribution in [3.05, 3.63) is 0 Å². The molecule has 0 aliphatic heterocycles. The van der Waals surface area contributed by atoms with Crippen LogP contribution < -0.4 is 5.73 Å². The second-order valence-corrected chi connectivity index (χ2v) is 3.92. The molecule has 0 spiro atoms. The second kappa shape index (κ2) is 5.22. The van der Waals surface area contributed by atoms with Crippen LogP contribution in [0.1, 0.15) is 32.6 Å². The van der Waals surface area contributed by atoms with Crippen molar-refractivity contribution in [2.24, 2.45) is 17.6 Å². The molecule has 0 radical (unpaired) electrons. The van der Waals surface area contributed by atoms with Crippen molar-refractivity contribution >= 4 is 5.97 Å². The molecule has 2 N–H and O–H groups in total. The third kappa shape index (κ3) is 3.35. The third-order valence-electron chi connectivity index (χ3n) is 2.69. The lowest BCUT2D eigenvalue weighted by Crippen LogP contribution is -2.24. The smallest absolute Gasteiger partial charge is 0.309 e. The van der Waals surface area contributed by atoms with Crippen molar-refractivity contribution in [1.82, 2.24) is 0 Å². The number of ether oxygens (including phenoxy) is 1. The van der Waals surface area contributed by atoms with Crippen molar-refractivity contribution in [3.8, 4) is 0 Å². The molecule has 1 aliphatic carbocycles. The molecule has 0 amide bonds. The van der Waals surface area contributed by atoms with E-state index in [4.69, 9.17) is 10.5 Å². The van der Waals surface area contributed by atoms with Crippen molar-refractivity contribution in [3.63, 3.8) is 0 Å². The van der Waals surface area contributed by atoms with Gasteiger partial charge >= 0.3 is 5.97 Å². The van der Waals surface area contributed by atoms with Crippen molar-refractivity contribution in [1.29, 1.82) is 0 Å². The molecule has 0 saturated heterocycles. The van der Waals surface area contributed by atoms with Crippen LogP contribution in [0, 0.1) is 11.8 Å². The van der Waals surface area contributed by atoms with Gasteiger partial charge in [0.25, 0.3) is 0 Å². The summed E-state index contributed by atoms with van der Waals surface area (Å²) < 4.78 is 5.16. The van der Waals surface area contributed by atoms with Crippen LogP contribution in [0.3, 0.4) is 0 Å². The Kier molecular flexibility index (Phi) is 4.22. The Balaban J connectivity index is 2.13. The van der Waals surface area contributed by atoms with Gasteiger partial charge in [-0.1, -0.05) is 19.8 Å². The first kappa shape index (κ1) is 10.5. The number of nitrogens with two attached hydrogens (primary N) is 1. The lowest BCUT2D eigenvalue weighted by molar-refractivity contribution is -0.148. The average molecular weight is 185 g/mol. The number of rotatable bonds is 4. The zero-order valence-electron chi connectivity index (χ0n) is 8.29. The Labute approximate surface area is 79.6 Å². The fraction of sp³-hybridized carbons (Fsp3) is 0.900. The summed E-state index contributed by atoms with van der Waals surface area (Å²) in [6.07, 6.45) is 5.00. The van der Waals surface area contributed by atoms with Gasteiger partial charge in [-0.3, -0.25) is 4.79 Å². The summed E-state index contributed by atoms with van der Waals surface area (Å²) in [6, 6.07) is 0. The van der Waals surface area contributed by atoms with E-state index < -0.39 is 0 Å². The molecule has 13 heavy (non-hydrogen) atoms. The van der Waals surface area contributed by atoms with Crippen molar-refractivity contribution in [2.45, 2.75) is 32.6 Å². The molecule has 1 atom stereocenters. The highest BCUT2D eigenvalue weighted by molar-refractivity contribution is 5.72. The van der Waals surface area contributed by atoms with Crippen LogP contribution in [0.4, 0.5) is 0 Å². The Morgan fingerprint density at radius 2 is 2.15 bits per heavy atom. The van der Waals surface area contributed by atoms with E-state index in [0.29, 0.717) is 19.1 Å². The highest BCUT2D eigenvalue weighted by Crippen LogP contribution is 2.24. The third-order valence-corrected chi connectivity index (χ3v) is 2.69. The minimum absolute atomic E-state index is 0.144. The summed E-state index contributed by atoms with van der Waals surface area (Å²) in [5.41, 5.74) is 5.36. The molecule has 1 unspecified atom stereocenters. The summed E-state index contributed by atoms with van der Waals surface area (Å²) in [4.78, 5) is 11.2. The Bertz CT molecular complexity index is 164. The number of carbonyl (C=O) groups is 1. The molecule has 0 aromatic heterocycles. The summed E-state index contributed by atoms with van der Waals surface area (Å²) in [5, 5.41) is 0. The quantitative estimate of drug-likeness (QED) is 0.672. The fourth-order valence-corrected chi connectivity index (χ4v) is 1.62. The topological polar surface area (TPSA) is 52.3 Å². The summed E-state index contributed by atoms with van der Waals surface area (Å²) in [5.74, 6) is 0.310. The summed E-state index contributed by atoms with van der Waals surface area (Å²) in [7, 11) is 0. The first-order valence-electron chi connectivity index (χ1n) is 5.10. The molecule has 0 bridgehead atoms. The molecule has 76 valence electrons. The van der Waals surface area contributed by atoms with Crippen LogP contribution in [0.2, 0.25) is 0 Å². The maximum Gasteiger partial charge on any atom is 0.309 e. The summed E-state index contributed by atoms with van der Waals surface area (Å²) in [6.45, 7) is 2.78. The number of esters is 1. The molecule has 3 nitrogen and oxygen atoms in total. The van der Waals surface area contributed by atoms with Crippen LogP contribution in [-0.4, -0.2) is 19.1 Å². The van der Waals surface area contributed by atoms with E-state index in [2.05, 4.69) is 0 Å². The molecule has 1 saturated carbocycles. The van der Waals surface area contributed by atoms with E-state index in [-0.39, 0.29) is 11.9 Å². The van der Waals surface area contributed by atoms with E-state index in [1.165, 1.54) is 25.7 Å². The number of hydrogen-bond acceptors (Lipinski definition) is 3. The van der Waals surface area contributed by atoms with E-state index in [1.54, 1.807) is 6.92 Å². The van der Waals surface area contributed by atoms with Gasteiger partial charge < -0.3 is 10.5 Å². The highest BCUT2D eigenvalue weighted by Gasteiger charge is 2.18. The zero-order chi connectivity index (χ0) is 9.68. The SMILES string of the molecule is CC(CN)C(=O)OCC1CCCC1. The maximum absolute atomic E-state index is 11.2. The lowest BCUT2D eigenvalue weighted by atomic mass is 10.1. The molecular weight excluding hydrogens is 166 g/mol. The minimum Gasteiger partial charge on any atom is -0.465 e. The summed E-state index contributed by atoms with van der Waals surface area (Å²) >= 11 is 0. The van der Waals surface area contributed by atoms with Gasteiger partial charge in [0.2, 0.25) is 0 Å². The molecule has 1 aliphatic rings. The van der Waals surface area contributed by atoms with Gasteiger partial charge in [-0.15, -0.1) is 0 Å². The maximum atomic E-state index is 11.2. The first-order chi connectivity index (χ1) is 6.24. The lowest BCUT2D eigenvalue weighted by Gasteiger charge is -2.12. The molecule has 0 aromatic rings. The number of carbonyl (C=O) groups excluding carboxylic acids is 1. The standard InChI is InChI=1S/C10H19NO2/c1-8(6-11)10(12)13-7-9-4-2-3-5-9/h8-9H,2-7,11H2,1H3. The Morgan fingerprint density at radius 3 is 2.69 bits per heavy atom. The minimum atomic E-state index is -0.151. The van der Waals surface area contributed by atoms with Crippen LogP contribution in [0.25, 0.3) is 0 Å². The Hall–Kier alpha value is -0.570. The monoisotopic (exact) mass is 185 g/mol. The van der Waals surface area contributed by atoms with Crippen LogP contribution in [0.5, 0.6) is 0 Å². The first-order valence-corrected chi connectivity index (χ1v) is 5.10. The normalized spacial score (nSPS) is 20.2. The van der Waals surface area contributed by atoms with Crippen molar-refractivity contribution < 1.29 is 9.53 Å². The van der Waals surface area contributed by atoms with E-state index >= 15 is 0 Å². The van der Waals surface area contributed by atoms with Gasteiger partial charge in [0.15, 0.2) is 0 Å². The predicted molar refractivity (Wildman–Crippen MR) is 51.1 cm³/mol. The molecule has 1 rings (SSSR count). The zero-order valence-corrected chi connectivity index (χ0v) is 8.29. The number of hydrogen-bond donors (Lipinski definition) is 1. The predicted octanol–water partition coefficient (Wildman–Crippen LogP) is 1.31. The van der Waals surface area contributed by atoms with E-state index in [1.807, 2.05) is 0 Å². The Morgan fingerprint density at radius 1 is 1.54 bits per heavy atom. The van der Waals surface area contributed by atoms with Gasteiger partial charge in [0.1, 0.15) is 0 Å². The molecule has 3 heteroatoms. The fourth-order valence-electron chi connectivity index (χ4n) is 1.62. The molecule has 0 heterocycles. The van der Waals surface area contributed by atoms with Crippen molar-refractivity contribution in [2.75, 3.05) is 13.2 Å². The average Bonchev–Trinajstić information content (AvgIpc) is 2.65. The molecule has 1 fully saturated rings. The van der Waals surface area contributed by atoms with Gasteiger partial charge in [-0.05, 0) is 18.8 Å². The van der Waals surface area contributed by atoms with Crippen LogP contribution in [-0.2, 0) is 9.53 Å².